The summed E-state index contributed by atoms with van der Waals surface area (Å²) in [5.74, 6) is 0.625. The lowest BCUT2D eigenvalue weighted by molar-refractivity contribution is 0.218. The number of hydrogen-bond acceptors (Lipinski definition) is 2. The summed E-state index contributed by atoms with van der Waals surface area (Å²) in [7, 11) is 0. The Balaban J connectivity index is 2.92. The van der Waals surface area contributed by atoms with Crippen LogP contribution in [0.1, 0.15) is 19.4 Å². The van der Waals surface area contributed by atoms with Crippen LogP contribution >= 0.6 is 11.6 Å². The quantitative estimate of drug-likeness (QED) is 0.482. The molecule has 3 nitrogen and oxygen atoms in total. The molecule has 0 bridgehead atoms. The standard InChI is InChI=1S/C12H17ClN2O/c1-12(2,8-16)9-3-5-10(6-4-9)15-11(14)7-13/h3-6,16H,7-8H2,1-2H3,(H2,14,15). The molecule has 0 radical (unpaired) electrons. The lowest BCUT2D eigenvalue weighted by Gasteiger charge is -2.22. The maximum atomic E-state index is 9.24. The van der Waals surface area contributed by atoms with Gasteiger partial charge in [0.05, 0.1) is 18.2 Å². The molecular formula is C12H17ClN2O. The van der Waals surface area contributed by atoms with Crippen LogP contribution in [-0.4, -0.2) is 23.4 Å². The topological polar surface area (TPSA) is 58.6 Å². The summed E-state index contributed by atoms with van der Waals surface area (Å²) >= 11 is 5.54. The third kappa shape index (κ3) is 3.22. The maximum Gasteiger partial charge on any atom is 0.115 e. The van der Waals surface area contributed by atoms with E-state index in [-0.39, 0.29) is 17.9 Å². The fraction of sp³-hybridized carbons (Fsp3) is 0.417. The van der Waals surface area contributed by atoms with Crippen LogP contribution in [0.5, 0.6) is 0 Å². The van der Waals surface area contributed by atoms with Gasteiger partial charge in [0.1, 0.15) is 5.84 Å². The highest BCUT2D eigenvalue weighted by Gasteiger charge is 2.18. The molecule has 16 heavy (non-hydrogen) atoms. The van der Waals surface area contributed by atoms with Crippen LogP contribution in [0.15, 0.2) is 29.3 Å². The molecule has 88 valence electrons. The van der Waals surface area contributed by atoms with Crippen LogP contribution in [-0.2, 0) is 5.41 Å². The molecule has 0 aliphatic rings. The Morgan fingerprint density at radius 2 is 1.94 bits per heavy atom. The molecule has 0 aliphatic heterocycles. The second-order valence-corrected chi connectivity index (χ2v) is 4.59. The number of rotatable bonds is 4. The number of alkyl halides is 1. The predicted molar refractivity (Wildman–Crippen MR) is 68.6 cm³/mol. The van der Waals surface area contributed by atoms with E-state index in [0.717, 1.165) is 11.3 Å². The zero-order chi connectivity index (χ0) is 12.2. The van der Waals surface area contributed by atoms with E-state index in [0.29, 0.717) is 5.84 Å². The van der Waals surface area contributed by atoms with Crippen molar-refractivity contribution >= 4 is 23.1 Å². The van der Waals surface area contributed by atoms with Gasteiger partial charge in [-0.1, -0.05) is 26.0 Å². The van der Waals surface area contributed by atoms with E-state index in [9.17, 15) is 5.11 Å². The molecular weight excluding hydrogens is 224 g/mol. The van der Waals surface area contributed by atoms with Gasteiger partial charge in [-0.05, 0) is 17.7 Å². The van der Waals surface area contributed by atoms with Crippen molar-refractivity contribution in [3.05, 3.63) is 29.8 Å². The molecule has 3 N–H and O–H groups in total. The Morgan fingerprint density at radius 3 is 2.38 bits per heavy atom. The van der Waals surface area contributed by atoms with Gasteiger partial charge in [-0.3, -0.25) is 0 Å². The number of hydrogen-bond donors (Lipinski definition) is 2. The van der Waals surface area contributed by atoms with Crippen LogP contribution in [0.4, 0.5) is 5.69 Å². The normalized spacial score (nSPS) is 12.9. The largest absolute Gasteiger partial charge is 0.395 e. The van der Waals surface area contributed by atoms with E-state index in [4.69, 9.17) is 17.3 Å². The Hall–Kier alpha value is -1.06. The van der Waals surface area contributed by atoms with Crippen molar-refractivity contribution in [3.8, 4) is 0 Å². The molecule has 0 unspecified atom stereocenters. The van der Waals surface area contributed by atoms with Gasteiger partial charge in [0.25, 0.3) is 0 Å². The SMILES string of the molecule is CC(C)(CO)c1ccc(N=C(N)CCl)cc1. The summed E-state index contributed by atoms with van der Waals surface area (Å²) < 4.78 is 0. The summed E-state index contributed by atoms with van der Waals surface area (Å²) in [5, 5.41) is 9.24. The summed E-state index contributed by atoms with van der Waals surface area (Å²) in [6.07, 6.45) is 0. The van der Waals surface area contributed by atoms with E-state index in [2.05, 4.69) is 4.99 Å². The van der Waals surface area contributed by atoms with Gasteiger partial charge in [0.2, 0.25) is 0 Å². The molecule has 1 aromatic carbocycles. The van der Waals surface area contributed by atoms with Crippen molar-refractivity contribution in [2.45, 2.75) is 19.3 Å². The van der Waals surface area contributed by atoms with Crippen molar-refractivity contribution in [2.75, 3.05) is 12.5 Å². The van der Waals surface area contributed by atoms with Crippen LogP contribution in [0.25, 0.3) is 0 Å². The first-order chi connectivity index (χ1) is 7.49. The number of benzene rings is 1. The predicted octanol–water partition coefficient (Wildman–Crippen LogP) is 2.18. The van der Waals surface area contributed by atoms with Crippen LogP contribution < -0.4 is 5.73 Å². The number of aliphatic hydroxyl groups is 1. The molecule has 0 atom stereocenters. The van der Waals surface area contributed by atoms with Crippen LogP contribution in [0.2, 0.25) is 0 Å². The lowest BCUT2D eigenvalue weighted by atomic mass is 9.86. The Labute approximate surface area is 101 Å². The Bertz CT molecular complexity index is 371. The van der Waals surface area contributed by atoms with E-state index >= 15 is 0 Å². The Morgan fingerprint density at radius 1 is 1.38 bits per heavy atom. The first-order valence-electron chi connectivity index (χ1n) is 5.10. The number of amidine groups is 1. The second kappa shape index (κ2) is 5.32. The second-order valence-electron chi connectivity index (χ2n) is 4.33. The average Bonchev–Trinajstić information content (AvgIpc) is 2.29. The molecule has 0 saturated carbocycles. The minimum Gasteiger partial charge on any atom is -0.395 e. The first-order valence-corrected chi connectivity index (χ1v) is 5.63. The third-order valence-corrected chi connectivity index (χ3v) is 2.73. The molecule has 0 amide bonds. The van der Waals surface area contributed by atoms with Gasteiger partial charge in [-0.15, -0.1) is 11.6 Å². The molecule has 0 heterocycles. The summed E-state index contributed by atoms with van der Waals surface area (Å²) in [6.45, 7) is 4.08. The highest BCUT2D eigenvalue weighted by Crippen LogP contribution is 2.24. The molecule has 0 aliphatic carbocycles. The zero-order valence-electron chi connectivity index (χ0n) is 9.57. The number of halogens is 1. The van der Waals surface area contributed by atoms with Crippen LogP contribution in [0.3, 0.4) is 0 Å². The molecule has 0 saturated heterocycles. The minimum atomic E-state index is -0.236. The third-order valence-electron chi connectivity index (χ3n) is 2.45. The summed E-state index contributed by atoms with van der Waals surface area (Å²) in [5.41, 5.74) is 7.14. The average molecular weight is 241 g/mol. The monoisotopic (exact) mass is 240 g/mol. The van der Waals surface area contributed by atoms with E-state index < -0.39 is 0 Å². The number of aliphatic imine (C=N–C) groups is 1. The van der Waals surface area contributed by atoms with E-state index in [1.165, 1.54) is 0 Å². The minimum absolute atomic E-state index is 0.111. The molecule has 0 spiro atoms. The van der Waals surface area contributed by atoms with Gasteiger partial charge >= 0.3 is 0 Å². The first kappa shape index (κ1) is 13.0. The van der Waals surface area contributed by atoms with Crippen molar-refractivity contribution in [1.29, 1.82) is 0 Å². The van der Waals surface area contributed by atoms with Crippen molar-refractivity contribution in [1.82, 2.24) is 0 Å². The molecule has 1 rings (SSSR count). The summed E-state index contributed by atoms with van der Waals surface area (Å²) in [4.78, 5) is 4.13. The van der Waals surface area contributed by atoms with Crippen molar-refractivity contribution in [2.24, 2.45) is 10.7 Å². The number of aliphatic hydroxyl groups excluding tert-OH is 1. The molecule has 0 aromatic heterocycles. The highest BCUT2D eigenvalue weighted by atomic mass is 35.5. The van der Waals surface area contributed by atoms with Gasteiger partial charge in [0.15, 0.2) is 0 Å². The smallest absolute Gasteiger partial charge is 0.115 e. The zero-order valence-corrected chi connectivity index (χ0v) is 10.3. The van der Waals surface area contributed by atoms with E-state index in [1.54, 1.807) is 0 Å². The fourth-order valence-electron chi connectivity index (χ4n) is 1.27. The molecule has 4 heteroatoms. The number of nitrogens with zero attached hydrogens (tertiary/aromatic N) is 1. The lowest BCUT2D eigenvalue weighted by Crippen LogP contribution is -2.21. The van der Waals surface area contributed by atoms with Crippen molar-refractivity contribution in [3.63, 3.8) is 0 Å². The summed E-state index contributed by atoms with van der Waals surface area (Å²) in [6, 6.07) is 7.62. The van der Waals surface area contributed by atoms with Crippen molar-refractivity contribution < 1.29 is 5.11 Å². The maximum absolute atomic E-state index is 9.24. The Kier molecular flexibility index (Phi) is 4.33. The van der Waals surface area contributed by atoms with Gasteiger partial charge in [-0.2, -0.15) is 0 Å². The molecule has 1 aromatic rings. The highest BCUT2D eigenvalue weighted by molar-refractivity contribution is 6.28. The fourth-order valence-corrected chi connectivity index (χ4v) is 1.33. The number of nitrogens with two attached hydrogens (primary N) is 1. The van der Waals surface area contributed by atoms with Crippen LogP contribution in [0, 0.1) is 0 Å². The van der Waals surface area contributed by atoms with Gasteiger partial charge in [0, 0.05) is 5.41 Å². The molecule has 0 fully saturated rings. The van der Waals surface area contributed by atoms with E-state index in [1.807, 2.05) is 38.1 Å². The van der Waals surface area contributed by atoms with Gasteiger partial charge < -0.3 is 10.8 Å². The van der Waals surface area contributed by atoms with Gasteiger partial charge in [-0.25, -0.2) is 4.99 Å².